The van der Waals surface area contributed by atoms with Crippen molar-refractivity contribution in [3.63, 3.8) is 0 Å². The number of carbonyl (C=O) groups excluding carboxylic acids is 2. The first-order valence-corrected chi connectivity index (χ1v) is 8.47. The minimum Gasteiger partial charge on any atom is -0.465 e. The maximum absolute atomic E-state index is 12.8. The number of amides is 1. The van der Waals surface area contributed by atoms with Gasteiger partial charge in [0.2, 0.25) is 0 Å². The fraction of sp³-hybridized carbons (Fsp3) is 0.389. The number of halogens is 1. The molecule has 134 valence electrons. The van der Waals surface area contributed by atoms with Crippen molar-refractivity contribution in [2.75, 3.05) is 20.2 Å². The fourth-order valence-electron chi connectivity index (χ4n) is 2.57. The Labute approximate surface area is 152 Å². The van der Waals surface area contributed by atoms with Crippen LogP contribution >= 0.6 is 11.6 Å². The van der Waals surface area contributed by atoms with Gasteiger partial charge < -0.3 is 9.64 Å². The summed E-state index contributed by atoms with van der Waals surface area (Å²) in [5, 5.41) is 4.95. The molecule has 25 heavy (non-hydrogen) atoms. The van der Waals surface area contributed by atoms with Crippen molar-refractivity contribution in [2.24, 2.45) is 0 Å². The normalized spacial score (nSPS) is 10.8. The summed E-state index contributed by atoms with van der Waals surface area (Å²) in [6.45, 7) is 5.88. The predicted molar refractivity (Wildman–Crippen MR) is 96.3 cm³/mol. The van der Waals surface area contributed by atoms with Gasteiger partial charge in [0.15, 0.2) is 0 Å². The highest BCUT2D eigenvalue weighted by Gasteiger charge is 2.24. The highest BCUT2D eigenvalue weighted by Crippen LogP contribution is 2.25. The van der Waals surface area contributed by atoms with E-state index in [0.29, 0.717) is 10.6 Å². The van der Waals surface area contributed by atoms with Crippen LogP contribution in [0.4, 0.5) is 0 Å². The minimum absolute atomic E-state index is 0.0522. The highest BCUT2D eigenvalue weighted by atomic mass is 35.5. The maximum atomic E-state index is 12.8. The Hall–Kier alpha value is -2.34. The zero-order valence-electron chi connectivity index (χ0n) is 14.8. The molecule has 7 heteroatoms. The van der Waals surface area contributed by atoms with Crippen LogP contribution in [0.2, 0.25) is 5.02 Å². The van der Waals surface area contributed by atoms with Crippen molar-refractivity contribution in [2.45, 2.75) is 26.7 Å². The van der Waals surface area contributed by atoms with Crippen molar-refractivity contribution in [1.29, 1.82) is 0 Å². The van der Waals surface area contributed by atoms with E-state index in [-0.39, 0.29) is 25.0 Å². The fourth-order valence-corrected chi connectivity index (χ4v) is 2.75. The van der Waals surface area contributed by atoms with Crippen LogP contribution in [0.25, 0.3) is 5.69 Å². The quantitative estimate of drug-likeness (QED) is 0.739. The third-order valence-electron chi connectivity index (χ3n) is 3.65. The zero-order chi connectivity index (χ0) is 18.6. The molecule has 0 aliphatic carbocycles. The molecule has 0 unspecified atom stereocenters. The zero-order valence-corrected chi connectivity index (χ0v) is 15.6. The molecule has 0 N–H and O–H groups in total. The van der Waals surface area contributed by atoms with Gasteiger partial charge in [0.1, 0.15) is 6.54 Å². The summed E-state index contributed by atoms with van der Waals surface area (Å²) in [5.41, 5.74) is 2.01. The Morgan fingerprint density at radius 3 is 2.68 bits per heavy atom. The lowest BCUT2D eigenvalue weighted by Crippen LogP contribution is -2.33. The van der Waals surface area contributed by atoms with Crippen molar-refractivity contribution in [3.05, 3.63) is 46.7 Å². The second kappa shape index (κ2) is 8.16. The monoisotopic (exact) mass is 363 g/mol. The van der Waals surface area contributed by atoms with Crippen molar-refractivity contribution in [1.82, 2.24) is 14.7 Å². The van der Waals surface area contributed by atoms with E-state index in [0.717, 1.165) is 11.4 Å². The number of rotatable bonds is 6. The molecule has 1 amide bonds. The van der Waals surface area contributed by atoms with E-state index in [9.17, 15) is 9.59 Å². The summed E-state index contributed by atoms with van der Waals surface area (Å²) >= 11 is 6.07. The number of hydrogen-bond donors (Lipinski definition) is 0. The number of hydrogen-bond acceptors (Lipinski definition) is 4. The molecule has 0 aliphatic heterocycles. The van der Waals surface area contributed by atoms with E-state index in [4.69, 9.17) is 16.3 Å². The van der Waals surface area contributed by atoms with Crippen LogP contribution in [-0.2, 0) is 9.53 Å². The largest absolute Gasteiger partial charge is 0.465 e. The SMILES string of the molecule is CCOC(=O)CN(C)C(=O)c1cnn(-c2cccc(Cl)c2)c1C(C)C. The lowest BCUT2D eigenvalue weighted by Gasteiger charge is -2.18. The molecular weight excluding hydrogens is 342 g/mol. The molecule has 0 bridgehead atoms. The van der Waals surface area contributed by atoms with Crippen molar-refractivity contribution < 1.29 is 14.3 Å². The lowest BCUT2D eigenvalue weighted by molar-refractivity contribution is -0.143. The van der Waals surface area contributed by atoms with Gasteiger partial charge in [-0.15, -0.1) is 0 Å². The third kappa shape index (κ3) is 4.39. The number of aromatic nitrogens is 2. The van der Waals surface area contributed by atoms with E-state index in [1.54, 1.807) is 30.8 Å². The average Bonchev–Trinajstić information content (AvgIpc) is 2.99. The molecule has 2 aromatic rings. The Kier molecular flexibility index (Phi) is 6.20. The van der Waals surface area contributed by atoms with Crippen LogP contribution in [0.1, 0.15) is 42.7 Å². The first kappa shape index (κ1) is 19.0. The average molecular weight is 364 g/mol. The molecule has 0 saturated heterocycles. The molecular formula is C18H22ClN3O3. The first-order chi connectivity index (χ1) is 11.8. The molecule has 0 atom stereocenters. The second-order valence-corrected chi connectivity index (χ2v) is 6.39. The topological polar surface area (TPSA) is 64.4 Å². The lowest BCUT2D eigenvalue weighted by atomic mass is 10.0. The number of benzene rings is 1. The van der Waals surface area contributed by atoms with Crippen LogP contribution in [0, 0.1) is 0 Å². The van der Waals surface area contributed by atoms with E-state index in [1.807, 2.05) is 26.0 Å². The van der Waals surface area contributed by atoms with Crippen LogP contribution in [0.15, 0.2) is 30.5 Å². The van der Waals surface area contributed by atoms with Crippen molar-refractivity contribution >= 4 is 23.5 Å². The van der Waals surface area contributed by atoms with Gasteiger partial charge in [0.25, 0.3) is 5.91 Å². The highest BCUT2D eigenvalue weighted by molar-refractivity contribution is 6.30. The van der Waals surface area contributed by atoms with Crippen LogP contribution < -0.4 is 0 Å². The van der Waals surface area contributed by atoms with E-state index >= 15 is 0 Å². The molecule has 1 aromatic heterocycles. The first-order valence-electron chi connectivity index (χ1n) is 8.10. The van der Waals surface area contributed by atoms with E-state index < -0.39 is 5.97 Å². The number of carbonyl (C=O) groups is 2. The van der Waals surface area contributed by atoms with Gasteiger partial charge in [0.05, 0.1) is 29.7 Å². The van der Waals surface area contributed by atoms with Gasteiger partial charge >= 0.3 is 5.97 Å². The summed E-state index contributed by atoms with van der Waals surface area (Å²) in [4.78, 5) is 25.7. The summed E-state index contributed by atoms with van der Waals surface area (Å²) in [7, 11) is 1.57. The number of likely N-dealkylation sites (N-methyl/N-ethyl adjacent to an activating group) is 1. The van der Waals surface area contributed by atoms with Crippen LogP contribution in [0.5, 0.6) is 0 Å². The molecule has 0 radical (unpaired) electrons. The molecule has 0 saturated carbocycles. The Morgan fingerprint density at radius 1 is 1.36 bits per heavy atom. The molecule has 0 fully saturated rings. The molecule has 1 aromatic carbocycles. The summed E-state index contributed by atoms with van der Waals surface area (Å²) in [6, 6.07) is 7.28. The smallest absolute Gasteiger partial charge is 0.325 e. The van der Waals surface area contributed by atoms with Gasteiger partial charge in [-0.3, -0.25) is 9.59 Å². The van der Waals surface area contributed by atoms with Gasteiger partial charge in [-0.1, -0.05) is 31.5 Å². The van der Waals surface area contributed by atoms with Crippen molar-refractivity contribution in [3.8, 4) is 5.69 Å². The van der Waals surface area contributed by atoms with Crippen LogP contribution in [0.3, 0.4) is 0 Å². The van der Waals surface area contributed by atoms with Gasteiger partial charge in [-0.2, -0.15) is 5.10 Å². The minimum atomic E-state index is -0.438. The Morgan fingerprint density at radius 2 is 2.08 bits per heavy atom. The van der Waals surface area contributed by atoms with Crippen LogP contribution in [-0.4, -0.2) is 46.8 Å². The Balaban J connectivity index is 2.36. The standard InChI is InChI=1S/C18H22ClN3O3/c1-5-25-16(23)11-21(4)18(24)15-10-20-22(17(15)12(2)3)14-8-6-7-13(19)9-14/h6-10,12H,5,11H2,1-4H3. The van der Waals surface area contributed by atoms with E-state index in [1.165, 1.54) is 11.1 Å². The van der Waals surface area contributed by atoms with Gasteiger partial charge in [-0.05, 0) is 31.0 Å². The molecule has 2 rings (SSSR count). The number of ether oxygens (including phenoxy) is 1. The molecule has 0 aliphatic rings. The summed E-state index contributed by atoms with van der Waals surface area (Å²) < 4.78 is 6.61. The molecule has 1 heterocycles. The van der Waals surface area contributed by atoms with Gasteiger partial charge in [0, 0.05) is 12.1 Å². The third-order valence-corrected chi connectivity index (χ3v) is 3.89. The molecule has 0 spiro atoms. The maximum Gasteiger partial charge on any atom is 0.325 e. The van der Waals surface area contributed by atoms with Gasteiger partial charge in [-0.25, -0.2) is 4.68 Å². The predicted octanol–water partition coefficient (Wildman–Crippen LogP) is 3.28. The summed E-state index contributed by atoms with van der Waals surface area (Å²) in [5.74, 6) is -0.659. The van der Waals surface area contributed by atoms with E-state index in [2.05, 4.69) is 5.10 Å². The Bertz CT molecular complexity index is 771. The second-order valence-electron chi connectivity index (χ2n) is 5.96. The number of nitrogens with zero attached hydrogens (tertiary/aromatic N) is 3. The molecule has 6 nitrogen and oxygen atoms in total. The number of esters is 1. The summed E-state index contributed by atoms with van der Waals surface area (Å²) in [6.07, 6.45) is 1.53.